The van der Waals surface area contributed by atoms with E-state index in [4.69, 9.17) is 5.11 Å². The molecule has 2 rings (SSSR count). The number of nitrogens with zero attached hydrogens (tertiary/aromatic N) is 3. The van der Waals surface area contributed by atoms with Crippen molar-refractivity contribution in [3.05, 3.63) is 41.2 Å². The summed E-state index contributed by atoms with van der Waals surface area (Å²) in [6.45, 7) is 1.92. The summed E-state index contributed by atoms with van der Waals surface area (Å²) >= 11 is 0. The average Bonchev–Trinajstić information content (AvgIpc) is 2.82. The largest absolute Gasteiger partial charge is 0.481 e. The summed E-state index contributed by atoms with van der Waals surface area (Å²) in [6, 6.07) is 7.15. The molecule has 1 aromatic heterocycles. The second kappa shape index (κ2) is 6.29. The first kappa shape index (κ1) is 14.2. The second-order valence-electron chi connectivity index (χ2n) is 4.54. The molecule has 0 amide bonds. The predicted molar refractivity (Wildman–Crippen MR) is 72.6 cm³/mol. The van der Waals surface area contributed by atoms with Crippen LogP contribution < -0.4 is 0 Å². The summed E-state index contributed by atoms with van der Waals surface area (Å²) in [4.78, 5) is 10.6. The highest BCUT2D eigenvalue weighted by molar-refractivity contribution is 5.70. The van der Waals surface area contributed by atoms with Crippen LogP contribution in [0.15, 0.2) is 24.3 Å². The van der Waals surface area contributed by atoms with Gasteiger partial charge in [0.1, 0.15) is 5.69 Å². The van der Waals surface area contributed by atoms with Crippen molar-refractivity contribution in [2.24, 2.45) is 0 Å². The molecule has 0 radical (unpaired) electrons. The van der Waals surface area contributed by atoms with Crippen molar-refractivity contribution in [2.45, 2.75) is 32.8 Å². The number of aromatic nitrogens is 3. The van der Waals surface area contributed by atoms with Gasteiger partial charge in [-0.15, -0.1) is 5.10 Å². The van der Waals surface area contributed by atoms with E-state index in [0.29, 0.717) is 5.69 Å². The second-order valence-corrected chi connectivity index (χ2v) is 4.54. The Hall–Kier alpha value is -2.21. The molecule has 0 aliphatic rings. The number of rotatable bonds is 6. The molecule has 0 unspecified atom stereocenters. The van der Waals surface area contributed by atoms with Crippen LogP contribution in [-0.4, -0.2) is 31.2 Å². The number of hydrogen-bond acceptors (Lipinski definition) is 4. The molecule has 6 nitrogen and oxygen atoms in total. The molecule has 0 saturated carbocycles. The maximum absolute atomic E-state index is 10.6. The highest BCUT2D eigenvalue weighted by Crippen LogP contribution is 2.16. The minimum Gasteiger partial charge on any atom is -0.481 e. The van der Waals surface area contributed by atoms with Crippen LogP contribution >= 0.6 is 0 Å². The molecule has 2 N–H and O–H groups in total. The number of carbonyl (C=O) groups is 1. The monoisotopic (exact) mass is 275 g/mol. The zero-order valence-electron chi connectivity index (χ0n) is 11.3. The lowest BCUT2D eigenvalue weighted by Crippen LogP contribution is -2.05. The van der Waals surface area contributed by atoms with Gasteiger partial charge in [-0.05, 0) is 24.1 Å². The Bertz CT molecular complexity index is 590. The molecule has 1 heterocycles. The van der Waals surface area contributed by atoms with Crippen molar-refractivity contribution in [3.63, 3.8) is 0 Å². The third kappa shape index (κ3) is 3.03. The minimum atomic E-state index is -0.854. The molecule has 20 heavy (non-hydrogen) atoms. The van der Waals surface area contributed by atoms with E-state index in [9.17, 15) is 9.90 Å². The van der Waals surface area contributed by atoms with E-state index in [1.54, 1.807) is 16.8 Å². The van der Waals surface area contributed by atoms with Gasteiger partial charge in [0.05, 0.1) is 24.4 Å². The summed E-state index contributed by atoms with van der Waals surface area (Å²) in [7, 11) is 0. The van der Waals surface area contributed by atoms with E-state index >= 15 is 0 Å². The third-order valence-corrected chi connectivity index (χ3v) is 3.02. The summed E-state index contributed by atoms with van der Waals surface area (Å²) in [5.74, 6) is -0.854. The molecule has 1 aromatic carbocycles. The van der Waals surface area contributed by atoms with Crippen LogP contribution in [-0.2, 0) is 24.2 Å². The van der Waals surface area contributed by atoms with Crippen LogP contribution in [0.1, 0.15) is 30.3 Å². The van der Waals surface area contributed by atoms with Gasteiger partial charge in [0.2, 0.25) is 0 Å². The first-order valence-electron chi connectivity index (χ1n) is 6.51. The molecule has 0 atom stereocenters. The molecular formula is C14H17N3O3. The maximum atomic E-state index is 10.6. The molecule has 0 aliphatic carbocycles. The smallest absolute Gasteiger partial charge is 0.307 e. The number of aliphatic hydroxyl groups excluding tert-OH is 1. The maximum Gasteiger partial charge on any atom is 0.307 e. The average molecular weight is 275 g/mol. The SMILES string of the molecule is CCCc1c(CO)nnn1-c1ccc(CC(=O)O)cc1. The van der Waals surface area contributed by atoms with Gasteiger partial charge in [-0.1, -0.05) is 30.7 Å². The normalized spacial score (nSPS) is 10.7. The number of carboxylic acid groups (broad SMARTS) is 1. The first-order valence-corrected chi connectivity index (χ1v) is 6.51. The lowest BCUT2D eigenvalue weighted by Gasteiger charge is -2.07. The number of aliphatic hydroxyl groups is 1. The molecule has 0 bridgehead atoms. The third-order valence-electron chi connectivity index (χ3n) is 3.02. The van der Waals surface area contributed by atoms with Crippen molar-refractivity contribution < 1.29 is 15.0 Å². The summed E-state index contributed by atoms with van der Waals surface area (Å²) < 4.78 is 1.69. The fraction of sp³-hybridized carbons (Fsp3) is 0.357. The molecule has 2 aromatic rings. The highest BCUT2D eigenvalue weighted by Gasteiger charge is 2.12. The fourth-order valence-corrected chi connectivity index (χ4v) is 2.08. The fourth-order valence-electron chi connectivity index (χ4n) is 2.08. The van der Waals surface area contributed by atoms with Gasteiger partial charge in [-0.3, -0.25) is 4.79 Å². The van der Waals surface area contributed by atoms with Gasteiger partial charge < -0.3 is 10.2 Å². The molecule has 6 heteroatoms. The Morgan fingerprint density at radius 2 is 2.00 bits per heavy atom. The highest BCUT2D eigenvalue weighted by atomic mass is 16.4. The van der Waals surface area contributed by atoms with Gasteiger partial charge in [0, 0.05) is 0 Å². The van der Waals surface area contributed by atoms with Crippen molar-refractivity contribution in [1.82, 2.24) is 15.0 Å². The number of benzene rings is 1. The van der Waals surface area contributed by atoms with Gasteiger partial charge >= 0.3 is 5.97 Å². The van der Waals surface area contributed by atoms with Gasteiger partial charge in [-0.2, -0.15) is 0 Å². The van der Waals surface area contributed by atoms with E-state index in [2.05, 4.69) is 17.2 Å². The Labute approximate surface area is 116 Å². The van der Waals surface area contributed by atoms with E-state index in [0.717, 1.165) is 29.8 Å². The van der Waals surface area contributed by atoms with Gasteiger partial charge in [0.15, 0.2) is 0 Å². The van der Waals surface area contributed by atoms with E-state index in [-0.39, 0.29) is 13.0 Å². The summed E-state index contributed by atoms with van der Waals surface area (Å²) in [6.07, 6.45) is 1.71. The Balaban J connectivity index is 2.31. The van der Waals surface area contributed by atoms with E-state index in [1.165, 1.54) is 0 Å². The topological polar surface area (TPSA) is 88.2 Å². The molecule has 0 fully saturated rings. The van der Waals surface area contributed by atoms with Crippen LogP contribution in [0.25, 0.3) is 5.69 Å². The van der Waals surface area contributed by atoms with Crippen molar-refractivity contribution in [1.29, 1.82) is 0 Å². The quantitative estimate of drug-likeness (QED) is 0.830. The predicted octanol–water partition coefficient (Wildman–Crippen LogP) is 1.34. The standard InChI is InChI=1S/C14H17N3O3/c1-2-3-13-12(9-18)15-16-17(13)11-6-4-10(5-7-11)8-14(19)20/h4-7,18H,2-3,8-9H2,1H3,(H,19,20). The van der Waals surface area contributed by atoms with Crippen molar-refractivity contribution in [3.8, 4) is 5.69 Å². The number of hydrogen-bond donors (Lipinski definition) is 2. The molecule has 0 spiro atoms. The van der Waals surface area contributed by atoms with Gasteiger partial charge in [-0.25, -0.2) is 4.68 Å². The molecular weight excluding hydrogens is 258 g/mol. The summed E-state index contributed by atoms with van der Waals surface area (Å²) in [5, 5.41) is 26.0. The molecule has 0 aliphatic heterocycles. The zero-order valence-corrected chi connectivity index (χ0v) is 11.3. The van der Waals surface area contributed by atoms with Crippen LogP contribution in [0.4, 0.5) is 0 Å². The van der Waals surface area contributed by atoms with E-state index in [1.807, 2.05) is 12.1 Å². The summed E-state index contributed by atoms with van der Waals surface area (Å²) in [5.41, 5.74) is 3.03. The Morgan fingerprint density at radius 1 is 1.30 bits per heavy atom. The molecule has 106 valence electrons. The van der Waals surface area contributed by atoms with Crippen LogP contribution in [0, 0.1) is 0 Å². The Kier molecular flexibility index (Phi) is 4.47. The first-order chi connectivity index (χ1) is 9.65. The van der Waals surface area contributed by atoms with Crippen molar-refractivity contribution >= 4 is 5.97 Å². The lowest BCUT2D eigenvalue weighted by molar-refractivity contribution is -0.136. The van der Waals surface area contributed by atoms with Crippen LogP contribution in [0.2, 0.25) is 0 Å². The van der Waals surface area contributed by atoms with Crippen LogP contribution in [0.3, 0.4) is 0 Å². The van der Waals surface area contributed by atoms with Crippen molar-refractivity contribution in [2.75, 3.05) is 0 Å². The van der Waals surface area contributed by atoms with Crippen LogP contribution in [0.5, 0.6) is 0 Å². The van der Waals surface area contributed by atoms with E-state index < -0.39 is 5.97 Å². The van der Waals surface area contributed by atoms with Gasteiger partial charge in [0.25, 0.3) is 0 Å². The minimum absolute atomic E-state index is 0.00133. The number of carboxylic acids is 1. The Morgan fingerprint density at radius 3 is 2.55 bits per heavy atom. The zero-order chi connectivity index (χ0) is 14.5. The lowest BCUT2D eigenvalue weighted by atomic mass is 10.1. The number of aliphatic carboxylic acids is 1. The molecule has 0 saturated heterocycles.